The van der Waals surface area contributed by atoms with Crippen LogP contribution in [0.1, 0.15) is 213 Å². The van der Waals surface area contributed by atoms with Gasteiger partial charge in [-0.3, -0.25) is 23.4 Å². The lowest BCUT2D eigenvalue weighted by molar-refractivity contribution is -0.160. The van der Waals surface area contributed by atoms with Crippen LogP contribution in [0.5, 0.6) is 0 Å². The summed E-state index contributed by atoms with van der Waals surface area (Å²) in [4.78, 5) is 48.2. The minimum atomic E-state index is -4.76. The molecule has 0 aliphatic heterocycles. The van der Waals surface area contributed by atoms with Crippen LogP contribution in [0.3, 0.4) is 0 Å². The van der Waals surface area contributed by atoms with Crippen molar-refractivity contribution < 1.29 is 52.2 Å². The van der Waals surface area contributed by atoms with Gasteiger partial charge in [-0.05, 0) is 70.6 Å². The van der Waals surface area contributed by atoms with Crippen molar-refractivity contribution in [3.63, 3.8) is 0 Å². The molecule has 0 amide bonds. The predicted octanol–water partition coefficient (Wildman–Crippen LogP) is 14.6. The molecule has 2 N–H and O–H groups in total. The zero-order valence-electron chi connectivity index (χ0n) is 41.6. The molecule has 0 heterocycles. The van der Waals surface area contributed by atoms with E-state index in [1.165, 1.54) is 70.6 Å². The summed E-state index contributed by atoms with van der Waals surface area (Å²) in [5.41, 5.74) is 0. The number of phosphoric ester groups is 1. The van der Waals surface area contributed by atoms with Gasteiger partial charge in [-0.2, -0.15) is 0 Å². The maximum Gasteiger partial charge on any atom is 0.472 e. The first-order chi connectivity index (χ1) is 32.2. The lowest BCUT2D eigenvalue weighted by Crippen LogP contribution is -2.30. The standard InChI is InChI=1S/C54H93O11P/c1-4-7-10-13-16-19-22-24-25-27-30-33-36-39-42-45-54(58)65-51(47-61-52(56)43-40-37-34-31-28-21-18-15-12-9-6-3)49-63-66(59,60)62-48-50(46-55)64-53(57)44-41-38-35-32-29-26-23-20-17-14-11-8-5-2/h7,10,16,19-20,23-25,30,33,39,42,50-51,55H,4-6,8-9,11-15,17-18,21-22,26-29,31-32,34-38,40-41,43-49H2,1-3H3,(H,59,60)/b10-7-,19-16-,23-20-,25-24-,33-30-,42-39-. The van der Waals surface area contributed by atoms with Gasteiger partial charge in [0.2, 0.25) is 0 Å². The van der Waals surface area contributed by atoms with Gasteiger partial charge in [0.15, 0.2) is 6.10 Å². The number of hydrogen-bond acceptors (Lipinski definition) is 10. The molecule has 0 bridgehead atoms. The van der Waals surface area contributed by atoms with Crippen LogP contribution in [0.15, 0.2) is 72.9 Å². The summed E-state index contributed by atoms with van der Waals surface area (Å²) in [6.07, 6.45) is 51.9. The molecule has 0 spiro atoms. The Labute approximate surface area is 401 Å². The number of allylic oxidation sites excluding steroid dienone is 11. The average molecular weight is 949 g/mol. The van der Waals surface area contributed by atoms with Crippen LogP contribution in [-0.4, -0.2) is 66.5 Å². The molecule has 66 heavy (non-hydrogen) atoms. The van der Waals surface area contributed by atoms with E-state index in [1.807, 2.05) is 18.2 Å². The number of ether oxygens (including phenoxy) is 3. The van der Waals surface area contributed by atoms with Gasteiger partial charge >= 0.3 is 25.7 Å². The Kier molecular flexibility index (Phi) is 46.1. The number of aliphatic hydroxyl groups excluding tert-OH is 1. The average Bonchev–Trinajstić information content (AvgIpc) is 3.30. The molecule has 0 aromatic heterocycles. The van der Waals surface area contributed by atoms with Crippen LogP contribution in [0.2, 0.25) is 0 Å². The monoisotopic (exact) mass is 949 g/mol. The van der Waals surface area contributed by atoms with Gasteiger partial charge in [-0.15, -0.1) is 0 Å². The molecule has 12 heteroatoms. The highest BCUT2D eigenvalue weighted by Gasteiger charge is 2.28. The molecule has 0 saturated carbocycles. The summed E-state index contributed by atoms with van der Waals surface area (Å²) in [5.74, 6) is -1.63. The van der Waals surface area contributed by atoms with E-state index in [1.54, 1.807) is 6.08 Å². The lowest BCUT2D eigenvalue weighted by Gasteiger charge is -2.21. The summed E-state index contributed by atoms with van der Waals surface area (Å²) < 4.78 is 39.2. The summed E-state index contributed by atoms with van der Waals surface area (Å²) in [7, 11) is -4.76. The van der Waals surface area contributed by atoms with Crippen LogP contribution in [-0.2, 0) is 42.2 Å². The Morgan fingerprint density at radius 1 is 0.455 bits per heavy atom. The molecule has 0 radical (unpaired) electrons. The minimum Gasteiger partial charge on any atom is -0.462 e. The summed E-state index contributed by atoms with van der Waals surface area (Å²) in [6, 6.07) is 0. The van der Waals surface area contributed by atoms with Gasteiger partial charge in [0.1, 0.15) is 12.7 Å². The van der Waals surface area contributed by atoms with Crippen molar-refractivity contribution in [1.29, 1.82) is 0 Å². The summed E-state index contributed by atoms with van der Waals surface area (Å²) in [6.45, 7) is 4.37. The second-order valence-corrected chi connectivity index (χ2v) is 18.4. The third kappa shape index (κ3) is 46.0. The second-order valence-electron chi connectivity index (χ2n) is 17.0. The van der Waals surface area contributed by atoms with E-state index in [4.69, 9.17) is 23.3 Å². The van der Waals surface area contributed by atoms with Crippen LogP contribution in [0, 0.1) is 0 Å². The van der Waals surface area contributed by atoms with Crippen molar-refractivity contribution >= 4 is 25.7 Å². The molecule has 0 saturated heterocycles. The Hall–Kier alpha value is -3.08. The Morgan fingerprint density at radius 3 is 1.33 bits per heavy atom. The quantitative estimate of drug-likeness (QED) is 0.0197. The zero-order valence-corrected chi connectivity index (χ0v) is 42.5. The van der Waals surface area contributed by atoms with E-state index >= 15 is 0 Å². The maximum absolute atomic E-state index is 12.8. The van der Waals surface area contributed by atoms with Crippen LogP contribution in [0.25, 0.3) is 0 Å². The highest BCUT2D eigenvalue weighted by Crippen LogP contribution is 2.43. The Balaban J connectivity index is 4.85. The molecule has 0 rings (SSSR count). The topological polar surface area (TPSA) is 155 Å². The van der Waals surface area contributed by atoms with Crippen molar-refractivity contribution in [2.24, 2.45) is 0 Å². The zero-order chi connectivity index (χ0) is 48.4. The van der Waals surface area contributed by atoms with E-state index in [9.17, 15) is 28.9 Å². The molecule has 0 aromatic rings. The van der Waals surface area contributed by atoms with Crippen LogP contribution < -0.4 is 0 Å². The molecular weight excluding hydrogens is 856 g/mol. The first-order valence-electron chi connectivity index (χ1n) is 25.8. The second kappa shape index (κ2) is 48.4. The van der Waals surface area contributed by atoms with Crippen LogP contribution >= 0.6 is 7.82 Å². The van der Waals surface area contributed by atoms with Crippen molar-refractivity contribution in [3.05, 3.63) is 72.9 Å². The van der Waals surface area contributed by atoms with E-state index < -0.39 is 57.8 Å². The first-order valence-corrected chi connectivity index (χ1v) is 27.3. The van der Waals surface area contributed by atoms with E-state index in [2.05, 4.69) is 69.4 Å². The molecule has 380 valence electrons. The molecular formula is C54H93O11P. The fourth-order valence-electron chi connectivity index (χ4n) is 6.72. The van der Waals surface area contributed by atoms with E-state index in [-0.39, 0.29) is 25.9 Å². The smallest absolute Gasteiger partial charge is 0.462 e. The highest BCUT2D eigenvalue weighted by atomic mass is 31.2. The number of aliphatic hydroxyl groups is 1. The number of esters is 3. The van der Waals surface area contributed by atoms with Crippen LogP contribution in [0.4, 0.5) is 0 Å². The number of hydrogen-bond donors (Lipinski definition) is 2. The highest BCUT2D eigenvalue weighted by molar-refractivity contribution is 7.47. The van der Waals surface area contributed by atoms with Gasteiger partial charge in [0, 0.05) is 12.8 Å². The number of carbonyl (C=O) groups excluding carboxylic acids is 3. The lowest BCUT2D eigenvalue weighted by atomic mass is 10.1. The first kappa shape index (κ1) is 62.9. The van der Waals surface area contributed by atoms with Gasteiger partial charge in [-0.1, -0.05) is 196 Å². The molecule has 0 fully saturated rings. The Bertz CT molecular complexity index is 1390. The number of carbonyl (C=O) groups is 3. The van der Waals surface area contributed by atoms with Crippen molar-refractivity contribution in [1.82, 2.24) is 0 Å². The minimum absolute atomic E-state index is 0.0650. The van der Waals surface area contributed by atoms with Gasteiger partial charge in [-0.25, -0.2) is 4.57 Å². The molecule has 11 nitrogen and oxygen atoms in total. The number of phosphoric acid groups is 1. The molecule has 3 atom stereocenters. The van der Waals surface area contributed by atoms with Crippen molar-refractivity contribution in [2.45, 2.75) is 226 Å². The van der Waals surface area contributed by atoms with Gasteiger partial charge in [0.05, 0.1) is 26.2 Å². The summed E-state index contributed by atoms with van der Waals surface area (Å²) in [5, 5.41) is 9.76. The fourth-order valence-corrected chi connectivity index (χ4v) is 7.50. The Morgan fingerprint density at radius 2 is 0.848 bits per heavy atom. The number of unbranched alkanes of at least 4 members (excludes halogenated alkanes) is 19. The maximum atomic E-state index is 12.8. The predicted molar refractivity (Wildman–Crippen MR) is 270 cm³/mol. The largest absolute Gasteiger partial charge is 0.472 e. The van der Waals surface area contributed by atoms with Crippen molar-refractivity contribution in [3.8, 4) is 0 Å². The SMILES string of the molecule is CC/C=C\C/C=C\C/C=C\C/C=C\C/C=C\CC(=O)OC(COC(=O)CCCCCCCCCCCCC)COP(=O)(O)OCC(CO)OC(=O)CCCCCCC/C=C\CCCCCC. The third-order valence-corrected chi connectivity index (χ3v) is 11.6. The number of rotatable bonds is 47. The molecule has 3 unspecified atom stereocenters. The normalized spacial score (nSPS) is 14.1. The fraction of sp³-hybridized carbons (Fsp3) is 0.722. The summed E-state index contributed by atoms with van der Waals surface area (Å²) >= 11 is 0. The van der Waals surface area contributed by atoms with Crippen molar-refractivity contribution in [2.75, 3.05) is 26.4 Å². The molecule has 0 aliphatic rings. The third-order valence-electron chi connectivity index (χ3n) is 10.6. The van der Waals surface area contributed by atoms with Gasteiger partial charge in [0.25, 0.3) is 0 Å². The molecule has 0 aliphatic carbocycles. The van der Waals surface area contributed by atoms with E-state index in [0.717, 1.165) is 83.5 Å². The van der Waals surface area contributed by atoms with Gasteiger partial charge < -0.3 is 24.2 Å². The molecule has 0 aromatic carbocycles. The van der Waals surface area contributed by atoms with E-state index in [0.29, 0.717) is 19.3 Å².